The van der Waals surface area contributed by atoms with Gasteiger partial charge in [-0.25, -0.2) is 4.99 Å². The maximum atomic E-state index is 13.5. The van der Waals surface area contributed by atoms with E-state index in [9.17, 15) is 4.79 Å². The Bertz CT molecular complexity index is 1350. The Morgan fingerprint density at radius 1 is 0.839 bits per heavy atom. The predicted molar refractivity (Wildman–Crippen MR) is 131 cm³/mol. The number of aryl methyl sites for hydroxylation is 1. The van der Waals surface area contributed by atoms with E-state index in [0.717, 1.165) is 37.6 Å². The molecule has 0 atom stereocenters. The number of anilines is 1. The third-order valence-corrected chi connectivity index (χ3v) is 5.90. The average Bonchev–Trinajstić information content (AvgIpc) is 3.11. The number of halogens is 1. The van der Waals surface area contributed by atoms with Crippen molar-refractivity contribution in [2.75, 3.05) is 4.90 Å². The van der Waals surface area contributed by atoms with Crippen molar-refractivity contribution in [2.24, 2.45) is 4.99 Å². The summed E-state index contributed by atoms with van der Waals surface area (Å²) >= 11 is 3.47. The molecule has 5 rings (SSSR count). The zero-order chi connectivity index (χ0) is 21.4. The lowest BCUT2D eigenvalue weighted by atomic mass is 10.0. The standard InChI is InChI=1S/C27H19BrN2O/c1-18-9-11-20(12-10-18)26-29-25(27(31)30(26)23-15-13-22(28)14-16-23)17-21-7-4-6-19-5-2-3-8-24(19)21/h2-17H,1H3/b25-17+. The van der Waals surface area contributed by atoms with Gasteiger partial charge in [0.25, 0.3) is 5.91 Å². The highest BCUT2D eigenvalue weighted by Gasteiger charge is 2.32. The van der Waals surface area contributed by atoms with Crippen LogP contribution in [0.3, 0.4) is 0 Å². The summed E-state index contributed by atoms with van der Waals surface area (Å²) in [6.07, 6.45) is 1.89. The van der Waals surface area contributed by atoms with Gasteiger partial charge in [-0.05, 0) is 53.6 Å². The number of carbonyl (C=O) groups excluding carboxylic acids is 1. The molecule has 0 fully saturated rings. The average molecular weight is 467 g/mol. The Hall–Kier alpha value is -3.50. The van der Waals surface area contributed by atoms with Crippen LogP contribution in [0.4, 0.5) is 5.69 Å². The summed E-state index contributed by atoms with van der Waals surface area (Å²) in [5.74, 6) is 0.504. The second-order valence-corrected chi connectivity index (χ2v) is 8.43. The van der Waals surface area contributed by atoms with Gasteiger partial charge in [-0.3, -0.25) is 9.69 Å². The highest BCUT2D eigenvalue weighted by atomic mass is 79.9. The van der Waals surface area contributed by atoms with Crippen LogP contribution in [0.25, 0.3) is 16.8 Å². The van der Waals surface area contributed by atoms with Crippen LogP contribution in [0.2, 0.25) is 0 Å². The molecule has 3 nitrogen and oxygen atoms in total. The van der Waals surface area contributed by atoms with Crippen molar-refractivity contribution < 1.29 is 4.79 Å². The van der Waals surface area contributed by atoms with Crippen molar-refractivity contribution in [3.8, 4) is 0 Å². The molecule has 1 heterocycles. The number of carbonyl (C=O) groups is 1. The first-order valence-electron chi connectivity index (χ1n) is 10.1. The minimum atomic E-state index is -0.133. The fraction of sp³-hybridized carbons (Fsp3) is 0.0370. The number of amidine groups is 1. The molecule has 0 saturated heterocycles. The van der Waals surface area contributed by atoms with Gasteiger partial charge in [0.2, 0.25) is 0 Å². The molecule has 0 radical (unpaired) electrons. The summed E-state index contributed by atoms with van der Waals surface area (Å²) in [4.78, 5) is 20.0. The van der Waals surface area contributed by atoms with Gasteiger partial charge in [-0.15, -0.1) is 0 Å². The van der Waals surface area contributed by atoms with Gasteiger partial charge in [0, 0.05) is 10.0 Å². The molecule has 0 bridgehead atoms. The summed E-state index contributed by atoms with van der Waals surface area (Å²) in [7, 11) is 0. The summed E-state index contributed by atoms with van der Waals surface area (Å²) in [6.45, 7) is 2.05. The number of hydrogen-bond acceptors (Lipinski definition) is 2. The number of nitrogens with zero attached hydrogens (tertiary/aromatic N) is 2. The minimum absolute atomic E-state index is 0.133. The SMILES string of the molecule is Cc1ccc(C2=N/C(=C/c3cccc4ccccc34)C(=O)N2c2ccc(Br)cc2)cc1. The van der Waals surface area contributed by atoms with Gasteiger partial charge in [-0.2, -0.15) is 0 Å². The Balaban J connectivity index is 1.66. The van der Waals surface area contributed by atoms with Gasteiger partial charge >= 0.3 is 0 Å². The number of rotatable bonds is 3. The molecule has 4 aromatic carbocycles. The molecule has 1 aliphatic heterocycles. The van der Waals surface area contributed by atoms with E-state index < -0.39 is 0 Å². The molecule has 1 amide bonds. The molecular formula is C27H19BrN2O. The van der Waals surface area contributed by atoms with Crippen LogP contribution in [0.15, 0.2) is 106 Å². The van der Waals surface area contributed by atoms with Crippen molar-refractivity contribution in [3.05, 3.63) is 118 Å². The van der Waals surface area contributed by atoms with Crippen LogP contribution in [0.1, 0.15) is 16.7 Å². The van der Waals surface area contributed by atoms with Crippen molar-refractivity contribution in [1.29, 1.82) is 0 Å². The Morgan fingerprint density at radius 2 is 1.55 bits per heavy atom. The van der Waals surface area contributed by atoms with Crippen molar-refractivity contribution in [3.63, 3.8) is 0 Å². The topological polar surface area (TPSA) is 32.7 Å². The molecule has 0 aromatic heterocycles. The maximum Gasteiger partial charge on any atom is 0.282 e. The Labute approximate surface area is 189 Å². The smallest absolute Gasteiger partial charge is 0.266 e. The van der Waals surface area contributed by atoms with Crippen LogP contribution in [-0.4, -0.2) is 11.7 Å². The van der Waals surface area contributed by atoms with Crippen LogP contribution in [-0.2, 0) is 4.79 Å². The van der Waals surface area contributed by atoms with Crippen LogP contribution < -0.4 is 4.90 Å². The summed E-state index contributed by atoms with van der Waals surface area (Å²) in [5.41, 5.74) is 4.26. The normalized spacial score (nSPS) is 15.0. The zero-order valence-corrected chi connectivity index (χ0v) is 18.5. The van der Waals surface area contributed by atoms with E-state index in [-0.39, 0.29) is 5.91 Å². The number of amides is 1. The third-order valence-electron chi connectivity index (χ3n) is 5.37. The van der Waals surface area contributed by atoms with E-state index in [1.165, 1.54) is 0 Å². The number of hydrogen-bond donors (Lipinski definition) is 0. The van der Waals surface area contributed by atoms with E-state index in [1.54, 1.807) is 4.90 Å². The molecule has 150 valence electrons. The van der Waals surface area contributed by atoms with Crippen molar-refractivity contribution in [2.45, 2.75) is 6.92 Å². The van der Waals surface area contributed by atoms with Crippen LogP contribution >= 0.6 is 15.9 Å². The van der Waals surface area contributed by atoms with E-state index in [2.05, 4.69) is 34.1 Å². The second-order valence-electron chi connectivity index (χ2n) is 7.52. The maximum absolute atomic E-state index is 13.5. The molecule has 4 aromatic rings. The van der Waals surface area contributed by atoms with Crippen LogP contribution in [0, 0.1) is 6.92 Å². The van der Waals surface area contributed by atoms with E-state index in [4.69, 9.17) is 4.99 Å². The molecule has 0 aliphatic carbocycles. The third kappa shape index (κ3) is 3.71. The largest absolute Gasteiger partial charge is 0.282 e. The molecule has 0 unspecified atom stereocenters. The quantitative estimate of drug-likeness (QED) is 0.307. The Morgan fingerprint density at radius 3 is 2.32 bits per heavy atom. The lowest BCUT2D eigenvalue weighted by Gasteiger charge is -2.18. The molecular weight excluding hydrogens is 448 g/mol. The highest BCUT2D eigenvalue weighted by Crippen LogP contribution is 2.30. The molecule has 4 heteroatoms. The number of fused-ring (bicyclic) bond motifs is 1. The van der Waals surface area contributed by atoms with Gasteiger partial charge in [0.05, 0.1) is 5.69 Å². The van der Waals surface area contributed by atoms with E-state index in [0.29, 0.717) is 11.5 Å². The molecule has 0 N–H and O–H groups in total. The van der Waals surface area contributed by atoms with Crippen molar-refractivity contribution >= 4 is 50.2 Å². The summed E-state index contributed by atoms with van der Waals surface area (Å²) < 4.78 is 0.961. The van der Waals surface area contributed by atoms with Crippen molar-refractivity contribution in [1.82, 2.24) is 0 Å². The number of aliphatic imine (C=N–C) groups is 1. The predicted octanol–water partition coefficient (Wildman–Crippen LogP) is 6.75. The molecule has 0 spiro atoms. The lowest BCUT2D eigenvalue weighted by molar-refractivity contribution is -0.113. The fourth-order valence-corrected chi connectivity index (χ4v) is 4.03. The summed E-state index contributed by atoms with van der Waals surface area (Å²) in [6, 6.07) is 30.1. The highest BCUT2D eigenvalue weighted by molar-refractivity contribution is 9.10. The first-order valence-corrected chi connectivity index (χ1v) is 10.8. The first kappa shape index (κ1) is 19.5. The van der Waals surface area contributed by atoms with Crippen LogP contribution in [0.5, 0.6) is 0 Å². The summed E-state index contributed by atoms with van der Waals surface area (Å²) in [5, 5.41) is 2.23. The lowest BCUT2D eigenvalue weighted by Crippen LogP contribution is -2.32. The van der Waals surface area contributed by atoms with Gasteiger partial charge in [-0.1, -0.05) is 88.2 Å². The molecule has 1 aliphatic rings. The van der Waals surface area contributed by atoms with Gasteiger partial charge in [0.15, 0.2) is 0 Å². The van der Waals surface area contributed by atoms with Gasteiger partial charge < -0.3 is 0 Å². The number of benzene rings is 4. The minimum Gasteiger partial charge on any atom is -0.266 e. The Kier molecular flexibility index (Phi) is 5.00. The van der Waals surface area contributed by atoms with E-state index >= 15 is 0 Å². The zero-order valence-electron chi connectivity index (χ0n) is 16.9. The fourth-order valence-electron chi connectivity index (χ4n) is 3.77. The van der Waals surface area contributed by atoms with Gasteiger partial charge in [0.1, 0.15) is 11.5 Å². The monoisotopic (exact) mass is 466 g/mol. The first-order chi connectivity index (χ1) is 15.1. The second kappa shape index (κ2) is 7.97. The van der Waals surface area contributed by atoms with E-state index in [1.807, 2.05) is 85.8 Å². The molecule has 31 heavy (non-hydrogen) atoms. The molecule has 0 saturated carbocycles.